The summed E-state index contributed by atoms with van der Waals surface area (Å²) in [6.07, 6.45) is 5.61. The third-order valence-electron chi connectivity index (χ3n) is 9.25. The molecule has 4 aliphatic rings. The van der Waals surface area contributed by atoms with Gasteiger partial charge in [0.05, 0.1) is 23.0 Å². The van der Waals surface area contributed by atoms with Crippen LogP contribution in [0.5, 0.6) is 6.01 Å². The number of thiophene rings is 1. The third-order valence-corrected chi connectivity index (χ3v) is 10.2. The van der Waals surface area contributed by atoms with Gasteiger partial charge in [-0.15, -0.1) is 11.3 Å². The minimum atomic E-state index is -0.830. The Kier molecular flexibility index (Phi) is 5.77. The number of anilines is 2. The lowest BCUT2D eigenvalue weighted by atomic mass is 9.95. The number of hydrogen-bond donors (Lipinski definition) is 2. The first-order valence-corrected chi connectivity index (χ1v) is 15.1. The molecular formula is C29H30FN9OS. The molecule has 4 fully saturated rings. The average Bonchev–Trinajstić information content (AvgIpc) is 3.70. The highest BCUT2D eigenvalue weighted by Crippen LogP contribution is 2.41. The number of rotatable bonds is 5. The van der Waals surface area contributed by atoms with Gasteiger partial charge in [0.25, 0.3) is 0 Å². The Labute approximate surface area is 240 Å². The molecule has 8 rings (SSSR count). The molecule has 3 N–H and O–H groups in total. The maximum absolute atomic E-state index is 14.4. The van der Waals surface area contributed by atoms with Gasteiger partial charge in [-0.05, 0) is 38.3 Å². The van der Waals surface area contributed by atoms with Gasteiger partial charge in [0.1, 0.15) is 23.8 Å². The van der Waals surface area contributed by atoms with Crippen molar-refractivity contribution < 1.29 is 9.13 Å². The average molecular weight is 572 g/mol. The molecule has 3 unspecified atom stereocenters. The van der Waals surface area contributed by atoms with E-state index in [0.29, 0.717) is 64.9 Å². The van der Waals surface area contributed by atoms with E-state index < -0.39 is 6.17 Å². The highest BCUT2D eigenvalue weighted by Gasteiger charge is 2.49. The van der Waals surface area contributed by atoms with Gasteiger partial charge < -0.3 is 20.7 Å². The second-order valence-corrected chi connectivity index (χ2v) is 12.9. The Bertz CT molecular complexity index is 1710. The lowest BCUT2D eigenvalue weighted by Gasteiger charge is -2.34. The number of nitriles is 1. The van der Waals surface area contributed by atoms with Crippen molar-refractivity contribution in [3.8, 4) is 23.3 Å². The molecule has 2 bridgehead atoms. The van der Waals surface area contributed by atoms with Crippen LogP contribution in [0.15, 0.2) is 24.4 Å². The SMILES string of the molecule is N#Cc1c(N)sc2cccc(-c3cnc4c(N5CC6CCC(C5)N6)nc(OCC56CCCN5C[C@H](F)C6)nc4n3)c12. The van der Waals surface area contributed by atoms with Crippen molar-refractivity contribution in [3.05, 3.63) is 30.0 Å². The molecule has 7 heterocycles. The molecule has 41 heavy (non-hydrogen) atoms. The Morgan fingerprint density at radius 1 is 1.20 bits per heavy atom. The van der Waals surface area contributed by atoms with Gasteiger partial charge in [-0.25, -0.2) is 14.4 Å². The van der Waals surface area contributed by atoms with E-state index >= 15 is 0 Å². The first-order valence-electron chi connectivity index (χ1n) is 14.3. The van der Waals surface area contributed by atoms with E-state index in [2.05, 4.69) is 21.2 Å². The monoisotopic (exact) mass is 571 g/mol. The summed E-state index contributed by atoms with van der Waals surface area (Å²) < 4.78 is 21.6. The Balaban J connectivity index is 1.22. The van der Waals surface area contributed by atoms with E-state index in [1.54, 1.807) is 6.20 Å². The Morgan fingerprint density at radius 2 is 2.05 bits per heavy atom. The second-order valence-electron chi connectivity index (χ2n) is 11.8. The largest absolute Gasteiger partial charge is 0.461 e. The summed E-state index contributed by atoms with van der Waals surface area (Å²) in [6, 6.07) is 9.13. The van der Waals surface area contributed by atoms with Gasteiger partial charge in [-0.2, -0.15) is 15.2 Å². The molecular weight excluding hydrogens is 541 g/mol. The lowest BCUT2D eigenvalue weighted by Crippen LogP contribution is -2.51. The first kappa shape index (κ1) is 25.1. The van der Waals surface area contributed by atoms with Crippen molar-refractivity contribution in [2.24, 2.45) is 0 Å². The van der Waals surface area contributed by atoms with Crippen LogP contribution in [0.4, 0.5) is 15.2 Å². The van der Waals surface area contributed by atoms with Crippen LogP contribution < -0.4 is 20.7 Å². The molecule has 4 saturated heterocycles. The number of halogens is 1. The zero-order chi connectivity index (χ0) is 27.7. The van der Waals surface area contributed by atoms with Gasteiger partial charge in [0.2, 0.25) is 0 Å². The predicted octanol–water partition coefficient (Wildman–Crippen LogP) is 3.65. The van der Waals surface area contributed by atoms with Crippen molar-refractivity contribution in [1.82, 2.24) is 30.2 Å². The number of nitrogens with one attached hydrogen (secondary N) is 1. The molecule has 0 radical (unpaired) electrons. The van der Waals surface area contributed by atoms with Crippen LogP contribution in [0.3, 0.4) is 0 Å². The Hall–Kier alpha value is -3.66. The van der Waals surface area contributed by atoms with Crippen LogP contribution in [0.1, 0.15) is 37.7 Å². The topological polar surface area (TPSA) is 129 Å². The number of nitrogens with two attached hydrogens (primary N) is 1. The third kappa shape index (κ3) is 4.09. The summed E-state index contributed by atoms with van der Waals surface area (Å²) in [5.74, 6) is 0.716. The fourth-order valence-electron chi connectivity index (χ4n) is 7.40. The number of aromatic nitrogens is 4. The number of nitrogen functional groups attached to an aromatic ring is 1. The number of alkyl halides is 1. The standard InChI is InChI=1S/C29H30FN9OS/c30-16-9-29(7-2-8-39(29)12-16)15-40-28-36-26-24(27(37-28)38-13-17-5-6-18(14-38)34-17)33-11-21(35-26)19-3-1-4-22-23(19)20(10-31)25(32)41-22/h1,3-4,11,16-18,34H,2,5-9,12-15,32H2/t16-,17?,18?,29?/m1/s1. The number of nitrogens with zero attached hydrogens (tertiary/aromatic N) is 7. The molecule has 4 aromatic rings. The second kappa shape index (κ2) is 9.44. The molecule has 0 saturated carbocycles. The summed E-state index contributed by atoms with van der Waals surface area (Å²) in [4.78, 5) is 23.9. The fraction of sp³-hybridized carbons (Fsp3) is 0.483. The summed E-state index contributed by atoms with van der Waals surface area (Å²) >= 11 is 1.39. The number of fused-ring (bicyclic) bond motifs is 5. The highest BCUT2D eigenvalue weighted by molar-refractivity contribution is 7.23. The molecule has 3 aromatic heterocycles. The summed E-state index contributed by atoms with van der Waals surface area (Å²) in [5.41, 5.74) is 8.75. The number of hydrogen-bond acceptors (Lipinski definition) is 11. The number of benzene rings is 1. The molecule has 0 spiro atoms. The van der Waals surface area contributed by atoms with E-state index in [1.165, 1.54) is 11.3 Å². The van der Waals surface area contributed by atoms with Gasteiger partial charge in [-0.3, -0.25) is 4.90 Å². The minimum Gasteiger partial charge on any atom is -0.461 e. The van der Waals surface area contributed by atoms with Gasteiger partial charge in [-0.1, -0.05) is 12.1 Å². The van der Waals surface area contributed by atoms with Gasteiger partial charge in [0.15, 0.2) is 17.0 Å². The lowest BCUT2D eigenvalue weighted by molar-refractivity contribution is 0.107. The fourth-order valence-corrected chi connectivity index (χ4v) is 8.35. The predicted molar refractivity (Wildman–Crippen MR) is 156 cm³/mol. The van der Waals surface area contributed by atoms with E-state index in [9.17, 15) is 9.65 Å². The molecule has 1 aromatic carbocycles. The molecule has 0 aliphatic carbocycles. The highest BCUT2D eigenvalue weighted by atomic mass is 32.1. The molecule has 0 amide bonds. The number of piperazine rings is 1. The van der Waals surface area contributed by atoms with Crippen molar-refractivity contribution in [2.75, 3.05) is 43.4 Å². The molecule has 4 aliphatic heterocycles. The molecule has 10 nitrogen and oxygen atoms in total. The number of ether oxygens (including phenoxy) is 1. The van der Waals surface area contributed by atoms with E-state index in [4.69, 9.17) is 30.4 Å². The summed E-state index contributed by atoms with van der Waals surface area (Å²) in [7, 11) is 0. The van der Waals surface area contributed by atoms with Crippen molar-refractivity contribution in [3.63, 3.8) is 0 Å². The first-order chi connectivity index (χ1) is 20.0. The minimum absolute atomic E-state index is 0.240. The van der Waals surface area contributed by atoms with E-state index in [1.807, 2.05) is 18.2 Å². The zero-order valence-electron chi connectivity index (χ0n) is 22.5. The van der Waals surface area contributed by atoms with Crippen molar-refractivity contribution in [1.29, 1.82) is 5.26 Å². The smallest absolute Gasteiger partial charge is 0.320 e. The molecule has 210 valence electrons. The van der Waals surface area contributed by atoms with Crippen molar-refractivity contribution in [2.45, 2.75) is 55.9 Å². The van der Waals surface area contributed by atoms with Crippen LogP contribution in [-0.4, -0.2) is 81.4 Å². The Morgan fingerprint density at radius 3 is 2.88 bits per heavy atom. The van der Waals surface area contributed by atoms with Gasteiger partial charge >= 0.3 is 6.01 Å². The van der Waals surface area contributed by atoms with Crippen LogP contribution in [-0.2, 0) is 0 Å². The van der Waals surface area contributed by atoms with Crippen LogP contribution in [0.2, 0.25) is 0 Å². The van der Waals surface area contributed by atoms with Gasteiger partial charge in [0, 0.05) is 53.8 Å². The molecule has 4 atom stereocenters. The van der Waals surface area contributed by atoms with Crippen LogP contribution in [0, 0.1) is 11.3 Å². The van der Waals surface area contributed by atoms with Crippen molar-refractivity contribution >= 4 is 43.4 Å². The maximum Gasteiger partial charge on any atom is 0.320 e. The summed E-state index contributed by atoms with van der Waals surface area (Å²) in [6.45, 7) is 3.36. The van der Waals surface area contributed by atoms with E-state index in [-0.39, 0.29) is 11.5 Å². The summed E-state index contributed by atoms with van der Waals surface area (Å²) in [5, 5.41) is 14.7. The van der Waals surface area contributed by atoms with Crippen LogP contribution in [0.25, 0.3) is 32.5 Å². The van der Waals surface area contributed by atoms with E-state index in [0.717, 1.165) is 61.0 Å². The normalized spacial score (nSPS) is 27.5. The quantitative estimate of drug-likeness (QED) is 0.366. The van der Waals surface area contributed by atoms with Crippen LogP contribution >= 0.6 is 11.3 Å². The maximum atomic E-state index is 14.4. The zero-order valence-corrected chi connectivity index (χ0v) is 23.3. The molecule has 12 heteroatoms.